The Morgan fingerprint density at radius 2 is 2.00 bits per heavy atom. The second-order valence-electron chi connectivity index (χ2n) is 5.57. The van der Waals surface area contributed by atoms with E-state index in [2.05, 4.69) is 9.62 Å². The number of likely N-dealkylation sites (N-methyl/N-ethyl adjacent to an activating group) is 1. The van der Waals surface area contributed by atoms with Crippen LogP contribution in [0.15, 0.2) is 47.4 Å². The van der Waals surface area contributed by atoms with Crippen LogP contribution in [0.25, 0.3) is 0 Å². The monoisotopic (exact) mass is 361 g/mol. The van der Waals surface area contributed by atoms with Gasteiger partial charge in [-0.25, -0.2) is 17.5 Å². The average molecular weight is 361 g/mol. The van der Waals surface area contributed by atoms with Gasteiger partial charge in [0.1, 0.15) is 11.9 Å². The predicted molar refractivity (Wildman–Crippen MR) is 95.4 cm³/mol. The van der Waals surface area contributed by atoms with Gasteiger partial charge in [-0.15, -0.1) is 0 Å². The first kappa shape index (κ1) is 18.9. The number of nitrogens with one attached hydrogen (secondary N) is 1. The molecule has 25 heavy (non-hydrogen) atoms. The van der Waals surface area contributed by atoms with Crippen LogP contribution in [0.4, 0.5) is 10.1 Å². The van der Waals surface area contributed by atoms with Gasteiger partial charge in [-0.1, -0.05) is 12.1 Å². The molecule has 0 aromatic heterocycles. The summed E-state index contributed by atoms with van der Waals surface area (Å²) in [4.78, 5) is 1.94. The second-order valence-corrected chi connectivity index (χ2v) is 7.34. The van der Waals surface area contributed by atoms with E-state index in [-0.39, 0.29) is 17.0 Å². The largest absolute Gasteiger partial charge is 0.370 e. The van der Waals surface area contributed by atoms with Gasteiger partial charge in [-0.3, -0.25) is 0 Å². The zero-order chi connectivity index (χ0) is 18.4. The van der Waals surface area contributed by atoms with Gasteiger partial charge in [0.05, 0.1) is 10.5 Å². The van der Waals surface area contributed by atoms with Crippen LogP contribution in [0, 0.1) is 24.1 Å². The minimum atomic E-state index is -3.80. The Bertz CT molecular complexity index is 891. The third kappa shape index (κ3) is 4.78. The molecule has 2 rings (SSSR count). The lowest BCUT2D eigenvalue weighted by molar-refractivity contribution is 0.579. The van der Waals surface area contributed by atoms with Crippen LogP contribution < -0.4 is 9.62 Å². The molecule has 0 radical (unpaired) electrons. The number of hydrogen-bond donors (Lipinski definition) is 1. The van der Waals surface area contributed by atoms with Gasteiger partial charge in [0.15, 0.2) is 0 Å². The normalized spacial score (nSPS) is 11.1. The molecule has 132 valence electrons. The lowest BCUT2D eigenvalue weighted by Crippen LogP contribution is -2.35. The van der Waals surface area contributed by atoms with Gasteiger partial charge >= 0.3 is 0 Å². The third-order valence-corrected chi connectivity index (χ3v) is 5.25. The van der Waals surface area contributed by atoms with E-state index in [1.165, 1.54) is 0 Å². The van der Waals surface area contributed by atoms with Gasteiger partial charge < -0.3 is 4.90 Å². The first-order chi connectivity index (χ1) is 11.9. The van der Waals surface area contributed by atoms with E-state index in [1.54, 1.807) is 6.07 Å². The van der Waals surface area contributed by atoms with Gasteiger partial charge in [-0.2, -0.15) is 5.26 Å². The summed E-state index contributed by atoms with van der Waals surface area (Å²) in [5.41, 5.74) is 1.86. The first-order valence-electron chi connectivity index (χ1n) is 7.88. The number of anilines is 1. The van der Waals surface area contributed by atoms with Crippen molar-refractivity contribution in [3.63, 3.8) is 0 Å². The van der Waals surface area contributed by atoms with E-state index in [9.17, 15) is 12.8 Å². The molecule has 7 heteroatoms. The van der Waals surface area contributed by atoms with E-state index < -0.39 is 15.8 Å². The number of halogens is 1. The molecular formula is C18H20FN3O2S. The Balaban J connectivity index is 2.05. The van der Waals surface area contributed by atoms with Gasteiger partial charge in [-0.05, 0) is 49.7 Å². The summed E-state index contributed by atoms with van der Waals surface area (Å²) in [6.07, 6.45) is 0. The van der Waals surface area contributed by atoms with E-state index in [4.69, 9.17) is 5.26 Å². The Morgan fingerprint density at radius 1 is 1.24 bits per heavy atom. The highest BCUT2D eigenvalue weighted by Gasteiger charge is 2.16. The molecule has 0 aliphatic rings. The van der Waals surface area contributed by atoms with E-state index in [1.807, 2.05) is 38.1 Å². The summed E-state index contributed by atoms with van der Waals surface area (Å²) in [5, 5.41) is 8.83. The van der Waals surface area contributed by atoms with Crippen LogP contribution in [-0.2, 0) is 10.0 Å². The quantitative estimate of drug-likeness (QED) is 0.823. The fraction of sp³-hybridized carbons (Fsp3) is 0.278. The molecule has 0 saturated heterocycles. The van der Waals surface area contributed by atoms with E-state index in [0.29, 0.717) is 6.54 Å². The fourth-order valence-electron chi connectivity index (χ4n) is 2.45. The predicted octanol–water partition coefficient (Wildman–Crippen LogP) is 2.81. The molecule has 0 bridgehead atoms. The molecule has 2 aromatic carbocycles. The van der Waals surface area contributed by atoms with Crippen molar-refractivity contribution in [1.29, 1.82) is 5.26 Å². The molecule has 0 unspecified atom stereocenters. The van der Waals surface area contributed by atoms with Crippen LogP contribution in [-0.4, -0.2) is 28.1 Å². The number of nitrogens with zero attached hydrogens (tertiary/aromatic N) is 2. The average Bonchev–Trinajstić information content (AvgIpc) is 2.59. The van der Waals surface area contributed by atoms with Crippen molar-refractivity contribution in [3.05, 3.63) is 59.4 Å². The molecule has 0 spiro atoms. The number of benzene rings is 2. The molecule has 5 nitrogen and oxygen atoms in total. The zero-order valence-electron chi connectivity index (χ0n) is 14.2. The Hall–Kier alpha value is -2.43. The molecule has 2 aromatic rings. The van der Waals surface area contributed by atoms with Gasteiger partial charge in [0.25, 0.3) is 0 Å². The number of rotatable bonds is 7. The summed E-state index contributed by atoms with van der Waals surface area (Å²) < 4.78 is 40.5. The number of sulfonamides is 1. The summed E-state index contributed by atoms with van der Waals surface area (Å²) in [7, 11) is -3.80. The van der Waals surface area contributed by atoms with Crippen molar-refractivity contribution in [2.24, 2.45) is 0 Å². The number of hydrogen-bond acceptors (Lipinski definition) is 4. The highest BCUT2D eigenvalue weighted by Crippen LogP contribution is 2.16. The summed E-state index contributed by atoms with van der Waals surface area (Å²) in [6, 6.07) is 12.8. The fourth-order valence-corrected chi connectivity index (χ4v) is 3.50. The second kappa shape index (κ2) is 8.10. The van der Waals surface area contributed by atoms with Crippen molar-refractivity contribution in [2.75, 3.05) is 24.5 Å². The molecule has 0 amide bonds. The zero-order valence-corrected chi connectivity index (χ0v) is 15.0. The van der Waals surface area contributed by atoms with Crippen LogP contribution >= 0.6 is 0 Å². The molecule has 0 aliphatic carbocycles. The van der Waals surface area contributed by atoms with Crippen molar-refractivity contribution in [3.8, 4) is 6.07 Å². The molecule has 0 saturated carbocycles. The van der Waals surface area contributed by atoms with Crippen LogP contribution in [0.3, 0.4) is 0 Å². The van der Waals surface area contributed by atoms with Crippen molar-refractivity contribution < 1.29 is 12.8 Å². The minimum Gasteiger partial charge on any atom is -0.370 e. The molecule has 0 aliphatic heterocycles. The van der Waals surface area contributed by atoms with Crippen LogP contribution in [0.2, 0.25) is 0 Å². The van der Waals surface area contributed by atoms with E-state index >= 15 is 0 Å². The first-order valence-corrected chi connectivity index (χ1v) is 9.36. The summed E-state index contributed by atoms with van der Waals surface area (Å²) in [5.74, 6) is -0.738. The van der Waals surface area contributed by atoms with Gasteiger partial charge in [0, 0.05) is 25.3 Å². The Morgan fingerprint density at radius 3 is 2.64 bits per heavy atom. The third-order valence-electron chi connectivity index (χ3n) is 3.79. The highest BCUT2D eigenvalue weighted by molar-refractivity contribution is 7.89. The lowest BCUT2D eigenvalue weighted by Gasteiger charge is -2.23. The Labute approximate surface area is 147 Å². The highest BCUT2D eigenvalue weighted by atomic mass is 32.2. The smallest absolute Gasteiger partial charge is 0.240 e. The molecule has 0 atom stereocenters. The van der Waals surface area contributed by atoms with Gasteiger partial charge in [0.2, 0.25) is 10.0 Å². The summed E-state index contributed by atoms with van der Waals surface area (Å²) >= 11 is 0. The molecular weight excluding hydrogens is 341 g/mol. The SMILES string of the molecule is CCN(CCNS(=O)(=O)c1ccc(F)c(C#N)c1)c1cccc(C)c1. The van der Waals surface area contributed by atoms with Crippen molar-refractivity contribution in [1.82, 2.24) is 4.72 Å². The topological polar surface area (TPSA) is 73.2 Å². The standard InChI is InChI=1S/C18H20FN3O2S/c1-3-22(16-6-4-5-14(2)11-16)10-9-21-25(23,24)17-7-8-18(19)15(12-17)13-20/h4-8,11-12,21H,3,9-10H2,1-2H3. The summed E-state index contributed by atoms with van der Waals surface area (Å²) in [6.45, 7) is 5.42. The number of nitriles is 1. The number of aryl methyl sites for hydroxylation is 1. The van der Waals surface area contributed by atoms with Crippen molar-refractivity contribution >= 4 is 15.7 Å². The van der Waals surface area contributed by atoms with E-state index in [0.717, 1.165) is 36.0 Å². The van der Waals surface area contributed by atoms with Crippen LogP contribution in [0.1, 0.15) is 18.1 Å². The molecule has 0 fully saturated rings. The van der Waals surface area contributed by atoms with Crippen molar-refractivity contribution in [2.45, 2.75) is 18.7 Å². The van der Waals surface area contributed by atoms with Crippen LogP contribution in [0.5, 0.6) is 0 Å². The minimum absolute atomic E-state index is 0.121. The Kier molecular flexibility index (Phi) is 6.12. The maximum absolute atomic E-state index is 13.3. The molecule has 1 N–H and O–H groups in total. The molecule has 0 heterocycles. The lowest BCUT2D eigenvalue weighted by atomic mass is 10.2. The maximum Gasteiger partial charge on any atom is 0.240 e. The maximum atomic E-state index is 13.3.